The molecule has 3 rings (SSSR count). The Morgan fingerprint density at radius 3 is 2.48 bits per heavy atom. The van der Waals surface area contributed by atoms with Gasteiger partial charge in [0.25, 0.3) is 0 Å². The van der Waals surface area contributed by atoms with Crippen molar-refractivity contribution in [1.82, 2.24) is 4.90 Å². The molecule has 0 aliphatic carbocycles. The zero-order valence-electron chi connectivity index (χ0n) is 14.6. The van der Waals surface area contributed by atoms with E-state index < -0.39 is 6.09 Å². The number of carbonyl (C=O) groups is 2. The molecule has 2 aromatic rings. The fourth-order valence-electron chi connectivity index (χ4n) is 3.17. The van der Waals surface area contributed by atoms with Crippen molar-refractivity contribution in [3.63, 3.8) is 0 Å². The van der Waals surface area contributed by atoms with Crippen LogP contribution in [0.5, 0.6) is 0 Å². The van der Waals surface area contributed by atoms with Gasteiger partial charge in [-0.05, 0) is 30.9 Å². The lowest BCUT2D eigenvalue weighted by atomic mass is 9.98. The highest BCUT2D eigenvalue weighted by molar-refractivity contribution is 5.94. The van der Waals surface area contributed by atoms with E-state index in [9.17, 15) is 9.59 Å². The third-order valence-corrected chi connectivity index (χ3v) is 4.60. The number of carbonyl (C=O) groups excluding carboxylic acids is 2. The van der Waals surface area contributed by atoms with Gasteiger partial charge in [0.1, 0.15) is 6.61 Å². The lowest BCUT2D eigenvalue weighted by Gasteiger charge is -2.23. The summed E-state index contributed by atoms with van der Waals surface area (Å²) >= 11 is 0. The molecule has 1 aliphatic rings. The van der Waals surface area contributed by atoms with E-state index in [4.69, 9.17) is 4.74 Å². The number of nitrogens with zero attached hydrogens (tertiary/aromatic N) is 1. The Hall–Kier alpha value is -2.62. The van der Waals surface area contributed by atoms with Crippen molar-refractivity contribution >= 4 is 12.0 Å². The van der Waals surface area contributed by atoms with Crippen molar-refractivity contribution in [1.29, 1.82) is 0 Å². The van der Waals surface area contributed by atoms with Crippen LogP contribution in [0.3, 0.4) is 0 Å². The van der Waals surface area contributed by atoms with Crippen molar-refractivity contribution < 1.29 is 14.3 Å². The number of hydrogen-bond acceptors (Lipinski definition) is 3. The van der Waals surface area contributed by atoms with Crippen LogP contribution in [0.25, 0.3) is 0 Å². The predicted octanol–water partition coefficient (Wildman–Crippen LogP) is 3.76. The fraction of sp³-hybridized carbons (Fsp3) is 0.333. The van der Waals surface area contributed by atoms with Crippen LogP contribution in [0.2, 0.25) is 0 Å². The molecule has 25 heavy (non-hydrogen) atoms. The molecule has 1 fully saturated rings. The van der Waals surface area contributed by atoms with E-state index in [0.717, 1.165) is 11.1 Å². The molecule has 4 heteroatoms. The van der Waals surface area contributed by atoms with Crippen molar-refractivity contribution in [2.75, 3.05) is 6.61 Å². The van der Waals surface area contributed by atoms with Crippen molar-refractivity contribution in [2.45, 2.75) is 32.7 Å². The molecule has 4 nitrogen and oxygen atoms in total. The van der Waals surface area contributed by atoms with Crippen LogP contribution in [0, 0.1) is 12.8 Å². The number of cyclic esters (lactones) is 1. The zero-order chi connectivity index (χ0) is 17.8. The Morgan fingerprint density at radius 2 is 1.80 bits per heavy atom. The molecule has 2 atom stereocenters. The Balaban J connectivity index is 1.69. The lowest BCUT2D eigenvalue weighted by Crippen LogP contribution is -2.43. The maximum Gasteiger partial charge on any atom is 0.416 e. The summed E-state index contributed by atoms with van der Waals surface area (Å²) in [5.41, 5.74) is 3.38. The maximum atomic E-state index is 12.9. The van der Waals surface area contributed by atoms with Gasteiger partial charge in [0.15, 0.2) is 0 Å². The topological polar surface area (TPSA) is 46.6 Å². The minimum atomic E-state index is -0.526. The van der Waals surface area contributed by atoms with E-state index >= 15 is 0 Å². The van der Waals surface area contributed by atoms with Crippen LogP contribution in [-0.2, 0) is 22.4 Å². The van der Waals surface area contributed by atoms with Gasteiger partial charge in [0.2, 0.25) is 5.91 Å². The largest absolute Gasteiger partial charge is 0.447 e. The SMILES string of the molecule is Cc1ccc(C[C@H](C)C(=O)N2C(=O)OC[C@H]2Cc2ccccc2)cc1. The summed E-state index contributed by atoms with van der Waals surface area (Å²) in [5, 5.41) is 0. The van der Waals surface area contributed by atoms with Gasteiger partial charge in [-0.2, -0.15) is 0 Å². The standard InChI is InChI=1S/C21H23NO3/c1-15-8-10-18(11-9-15)12-16(2)20(23)22-19(14-25-21(22)24)13-17-6-4-3-5-7-17/h3-11,16,19H,12-14H2,1-2H3/t16-,19+/m0/s1. The Labute approximate surface area is 148 Å². The zero-order valence-corrected chi connectivity index (χ0v) is 14.6. The van der Waals surface area contributed by atoms with Gasteiger partial charge in [-0.25, -0.2) is 9.69 Å². The van der Waals surface area contributed by atoms with E-state index in [1.807, 2.05) is 68.4 Å². The number of imide groups is 1. The average Bonchev–Trinajstić information content (AvgIpc) is 2.97. The molecule has 0 unspecified atom stereocenters. The molecule has 2 amide bonds. The van der Waals surface area contributed by atoms with Crippen LogP contribution in [0.4, 0.5) is 4.79 Å². The fourth-order valence-corrected chi connectivity index (χ4v) is 3.17. The maximum absolute atomic E-state index is 12.9. The van der Waals surface area contributed by atoms with Crippen LogP contribution in [-0.4, -0.2) is 29.5 Å². The molecule has 130 valence electrons. The molecule has 0 aromatic heterocycles. The van der Waals surface area contributed by atoms with E-state index in [2.05, 4.69) is 0 Å². The number of aryl methyl sites for hydroxylation is 1. The molecule has 1 aliphatic heterocycles. The smallest absolute Gasteiger partial charge is 0.416 e. The quantitative estimate of drug-likeness (QED) is 0.834. The van der Waals surface area contributed by atoms with E-state index in [1.54, 1.807) is 0 Å². The minimum Gasteiger partial charge on any atom is -0.447 e. The molecule has 1 heterocycles. The molecule has 0 N–H and O–H groups in total. The first-order valence-electron chi connectivity index (χ1n) is 8.64. The summed E-state index contributed by atoms with van der Waals surface area (Å²) in [6.07, 6.45) is 0.706. The average molecular weight is 337 g/mol. The monoisotopic (exact) mass is 337 g/mol. The summed E-state index contributed by atoms with van der Waals surface area (Å²) in [5.74, 6) is -0.435. The number of rotatable bonds is 5. The highest BCUT2D eigenvalue weighted by atomic mass is 16.6. The summed E-state index contributed by atoms with van der Waals surface area (Å²) in [7, 11) is 0. The first-order valence-corrected chi connectivity index (χ1v) is 8.64. The van der Waals surface area contributed by atoms with Gasteiger partial charge >= 0.3 is 6.09 Å². The van der Waals surface area contributed by atoms with Gasteiger partial charge < -0.3 is 4.74 Å². The van der Waals surface area contributed by atoms with E-state index in [1.165, 1.54) is 10.5 Å². The van der Waals surface area contributed by atoms with Gasteiger partial charge in [-0.1, -0.05) is 67.1 Å². The van der Waals surface area contributed by atoms with Crippen molar-refractivity contribution in [3.8, 4) is 0 Å². The van der Waals surface area contributed by atoms with Crippen LogP contribution in [0.15, 0.2) is 54.6 Å². The predicted molar refractivity (Wildman–Crippen MR) is 96.2 cm³/mol. The lowest BCUT2D eigenvalue weighted by molar-refractivity contribution is -0.132. The first kappa shape index (κ1) is 17.2. The van der Waals surface area contributed by atoms with Gasteiger partial charge in [0.05, 0.1) is 6.04 Å². The normalized spacial score (nSPS) is 18.1. The Kier molecular flexibility index (Phi) is 5.17. The Bertz CT molecular complexity index is 739. The molecule has 0 saturated carbocycles. The number of ether oxygens (including phenoxy) is 1. The van der Waals surface area contributed by atoms with Crippen LogP contribution in [0.1, 0.15) is 23.6 Å². The number of benzene rings is 2. The molecular weight excluding hydrogens is 314 g/mol. The second-order valence-electron chi connectivity index (χ2n) is 6.72. The number of amides is 2. The number of hydrogen-bond donors (Lipinski definition) is 0. The van der Waals surface area contributed by atoms with Gasteiger partial charge in [0, 0.05) is 5.92 Å². The van der Waals surface area contributed by atoms with Crippen LogP contribution >= 0.6 is 0 Å². The molecule has 0 radical (unpaired) electrons. The van der Waals surface area contributed by atoms with Gasteiger partial charge in [-0.15, -0.1) is 0 Å². The second-order valence-corrected chi connectivity index (χ2v) is 6.72. The van der Waals surface area contributed by atoms with Crippen molar-refractivity contribution in [2.24, 2.45) is 5.92 Å². The van der Waals surface area contributed by atoms with E-state index in [0.29, 0.717) is 12.8 Å². The summed E-state index contributed by atoms with van der Waals surface area (Å²) in [6, 6.07) is 17.8. The third-order valence-electron chi connectivity index (χ3n) is 4.60. The minimum absolute atomic E-state index is 0.163. The van der Waals surface area contributed by atoms with Crippen LogP contribution < -0.4 is 0 Å². The highest BCUT2D eigenvalue weighted by Gasteiger charge is 2.39. The molecule has 2 aromatic carbocycles. The molecule has 1 saturated heterocycles. The second kappa shape index (κ2) is 7.51. The first-order chi connectivity index (χ1) is 12.0. The highest BCUT2D eigenvalue weighted by Crippen LogP contribution is 2.21. The summed E-state index contributed by atoms with van der Waals surface area (Å²) in [6.45, 7) is 4.16. The van der Waals surface area contributed by atoms with Crippen molar-refractivity contribution in [3.05, 3.63) is 71.3 Å². The summed E-state index contributed by atoms with van der Waals surface area (Å²) in [4.78, 5) is 26.3. The van der Waals surface area contributed by atoms with E-state index in [-0.39, 0.29) is 24.5 Å². The van der Waals surface area contributed by atoms with Gasteiger partial charge in [-0.3, -0.25) is 4.79 Å². The molecule has 0 bridgehead atoms. The third kappa shape index (κ3) is 4.08. The Morgan fingerprint density at radius 1 is 1.12 bits per heavy atom. The summed E-state index contributed by atoms with van der Waals surface area (Å²) < 4.78 is 5.15. The molecule has 0 spiro atoms. The molecular formula is C21H23NO3.